The third-order valence-electron chi connectivity index (χ3n) is 4.59. The van der Waals surface area contributed by atoms with E-state index in [0.29, 0.717) is 0 Å². The molecule has 25 heteroatoms. The molecule has 0 atom stereocenters. The van der Waals surface area contributed by atoms with Crippen LogP contribution in [0.25, 0.3) is 0 Å². The van der Waals surface area contributed by atoms with Crippen LogP contribution in [0.3, 0.4) is 0 Å². The third-order valence-corrected chi connectivity index (χ3v) is 5.57. The van der Waals surface area contributed by atoms with Crippen molar-refractivity contribution in [3.8, 4) is 0 Å². The molecule has 0 bridgehead atoms. The van der Waals surface area contributed by atoms with Gasteiger partial charge in [-0.05, 0) is 17.9 Å². The average Bonchev–Trinajstić information content (AvgIpc) is 2.71. The van der Waals surface area contributed by atoms with E-state index in [1.54, 1.807) is 0 Å². The molecule has 0 amide bonds. The van der Waals surface area contributed by atoms with Gasteiger partial charge in [0.1, 0.15) is 0 Å². The Bertz CT molecular complexity index is 884. The fourth-order valence-electron chi connectivity index (χ4n) is 2.21. The molecule has 0 heterocycles. The summed E-state index contributed by atoms with van der Waals surface area (Å²) < 4.78 is 277. The van der Waals surface area contributed by atoms with Crippen molar-refractivity contribution in [2.24, 2.45) is 0 Å². The molecule has 0 rings (SSSR count). The zero-order valence-electron chi connectivity index (χ0n) is 18.5. The van der Waals surface area contributed by atoms with Gasteiger partial charge in [0.25, 0.3) is 0 Å². The number of carbonyl (C=O) groups is 1. The Morgan fingerprint density at radius 2 is 0.750 bits per heavy atom. The van der Waals surface area contributed by atoms with Crippen LogP contribution in [0, 0.1) is 0 Å². The van der Waals surface area contributed by atoms with E-state index >= 15 is 0 Å². The first kappa shape index (κ1) is 41.1. The molecular formula is C15H8F21LiO2S. The predicted molar refractivity (Wildman–Crippen MR) is 82.1 cm³/mol. The van der Waals surface area contributed by atoms with Gasteiger partial charge in [-0.2, -0.15) is 104 Å². The number of hydrogen-bond donors (Lipinski definition) is 0. The molecule has 0 saturated heterocycles. The second-order valence-corrected chi connectivity index (χ2v) is 8.51. The van der Waals surface area contributed by atoms with E-state index in [1.165, 1.54) is 0 Å². The summed E-state index contributed by atoms with van der Waals surface area (Å²) in [7, 11) is 0. The van der Waals surface area contributed by atoms with E-state index in [2.05, 4.69) is 0 Å². The van der Waals surface area contributed by atoms with E-state index in [0.717, 1.165) is 0 Å². The molecule has 0 N–H and O–H groups in total. The van der Waals surface area contributed by atoms with E-state index < -0.39 is 89.8 Å². The number of hydrogen-bond acceptors (Lipinski definition) is 3. The van der Waals surface area contributed by atoms with Gasteiger partial charge in [0.05, 0.1) is 0 Å². The molecule has 40 heavy (non-hydrogen) atoms. The Hall–Kier alpha value is -1.05. The number of thioether (sulfide) groups is 1. The second-order valence-electron chi connectivity index (χ2n) is 7.28. The van der Waals surface area contributed by atoms with Gasteiger partial charge in [-0.25, -0.2) is 0 Å². The summed E-state index contributed by atoms with van der Waals surface area (Å²) in [6, 6.07) is 0. The van der Waals surface area contributed by atoms with Crippen LogP contribution < -0.4 is 24.0 Å². The molecule has 0 aliphatic heterocycles. The largest absolute Gasteiger partial charge is 1.00 e. The minimum atomic E-state index is -9.20. The van der Waals surface area contributed by atoms with E-state index in [1.807, 2.05) is 0 Å². The van der Waals surface area contributed by atoms with E-state index in [9.17, 15) is 102 Å². The van der Waals surface area contributed by atoms with Crippen molar-refractivity contribution in [3.05, 3.63) is 0 Å². The first-order valence-corrected chi connectivity index (χ1v) is 10.1. The molecule has 0 aliphatic rings. The standard InChI is InChI=1S/C15H9F21O2S.Li/c16-6(17,2-4-39-3-1-5(37)38)7(18,19)8(20,21)9(22,23)10(24,25)11(26,27)12(28,29)13(30,31)14(32,33)15(34,35)36;/h1-4H2,(H,37,38);/q;+1/p-1. The first-order chi connectivity index (χ1) is 16.7. The summed E-state index contributed by atoms with van der Waals surface area (Å²) in [4.78, 5) is 10.1. The van der Waals surface area contributed by atoms with Crippen molar-refractivity contribution in [3.63, 3.8) is 0 Å². The minimum Gasteiger partial charge on any atom is -0.550 e. The van der Waals surface area contributed by atoms with Gasteiger partial charge in [0.2, 0.25) is 0 Å². The number of carbonyl (C=O) groups excluding carboxylic acids is 1. The summed E-state index contributed by atoms with van der Waals surface area (Å²) in [6.45, 7) is 0. The maximum absolute atomic E-state index is 13.6. The molecule has 0 radical (unpaired) electrons. The fraction of sp³-hybridized carbons (Fsp3) is 0.933. The average molecular weight is 658 g/mol. The maximum Gasteiger partial charge on any atom is 1.00 e. The number of alkyl halides is 21. The molecule has 0 aromatic heterocycles. The van der Waals surface area contributed by atoms with Crippen LogP contribution in [-0.2, 0) is 4.79 Å². The fourth-order valence-corrected chi connectivity index (χ4v) is 3.12. The number of aliphatic carboxylic acids is 1. The topological polar surface area (TPSA) is 40.1 Å². The molecule has 2 nitrogen and oxygen atoms in total. The molecule has 0 aromatic carbocycles. The molecule has 0 aliphatic carbocycles. The Balaban J connectivity index is 0. The normalized spacial score (nSPS) is 15.6. The zero-order valence-corrected chi connectivity index (χ0v) is 19.3. The summed E-state index contributed by atoms with van der Waals surface area (Å²) in [6.07, 6.45) is -11.8. The van der Waals surface area contributed by atoms with Crippen LogP contribution in [0.1, 0.15) is 12.8 Å². The molecule has 0 saturated carbocycles. The smallest absolute Gasteiger partial charge is 0.550 e. The Morgan fingerprint density at radius 3 is 1.02 bits per heavy atom. The zero-order chi connectivity index (χ0) is 32.1. The minimum absolute atomic E-state index is 0. The van der Waals surface area contributed by atoms with Gasteiger partial charge in [0.15, 0.2) is 0 Å². The van der Waals surface area contributed by atoms with Crippen molar-refractivity contribution >= 4 is 17.7 Å². The molecule has 234 valence electrons. The maximum atomic E-state index is 13.6. The van der Waals surface area contributed by atoms with E-state index in [-0.39, 0.29) is 30.6 Å². The Morgan fingerprint density at radius 1 is 0.475 bits per heavy atom. The second kappa shape index (κ2) is 11.6. The van der Waals surface area contributed by atoms with Gasteiger partial charge < -0.3 is 9.90 Å². The molecule has 0 unspecified atom stereocenters. The molecule has 0 aromatic rings. The van der Waals surface area contributed by atoms with Crippen LogP contribution in [0.4, 0.5) is 92.2 Å². The van der Waals surface area contributed by atoms with Crippen LogP contribution in [0.15, 0.2) is 0 Å². The van der Waals surface area contributed by atoms with Crippen molar-refractivity contribution < 1.29 is 121 Å². The monoisotopic (exact) mass is 658 g/mol. The van der Waals surface area contributed by atoms with Crippen LogP contribution in [0.5, 0.6) is 0 Å². The van der Waals surface area contributed by atoms with Crippen LogP contribution in [0.2, 0.25) is 0 Å². The molecular weight excluding hydrogens is 650 g/mol. The summed E-state index contributed by atoms with van der Waals surface area (Å²) in [5.41, 5.74) is 0. The van der Waals surface area contributed by atoms with Gasteiger partial charge >= 0.3 is 78.3 Å². The van der Waals surface area contributed by atoms with E-state index in [4.69, 9.17) is 0 Å². The Kier molecular flexibility index (Phi) is 11.9. The van der Waals surface area contributed by atoms with Gasteiger partial charge in [-0.1, -0.05) is 0 Å². The van der Waals surface area contributed by atoms with Crippen molar-refractivity contribution in [2.75, 3.05) is 11.5 Å². The predicted octanol–water partition coefficient (Wildman–Crippen LogP) is 3.53. The first-order valence-electron chi connectivity index (χ1n) is 8.91. The number of halogens is 21. The van der Waals surface area contributed by atoms with Crippen LogP contribution in [-0.4, -0.2) is 77.0 Å². The van der Waals surface area contributed by atoms with Crippen molar-refractivity contribution in [1.29, 1.82) is 0 Å². The van der Waals surface area contributed by atoms with Gasteiger partial charge in [-0.3, -0.25) is 0 Å². The SMILES string of the molecule is O=C([O-])CCSCCC(F)(F)C(F)(F)C(F)(F)C(F)(F)C(F)(F)C(F)(F)C(F)(F)C(F)(F)C(F)(F)C(F)(F)F.[Li+]. The van der Waals surface area contributed by atoms with Gasteiger partial charge in [0, 0.05) is 12.4 Å². The number of carboxylic acid groups (broad SMARTS) is 1. The third kappa shape index (κ3) is 6.03. The quantitative estimate of drug-likeness (QED) is 0.163. The Labute approximate surface area is 223 Å². The number of carboxylic acids is 1. The van der Waals surface area contributed by atoms with Crippen molar-refractivity contribution in [1.82, 2.24) is 0 Å². The number of rotatable bonds is 14. The molecule has 0 fully saturated rings. The summed E-state index contributed by atoms with van der Waals surface area (Å²) in [5, 5.41) is 10.1. The summed E-state index contributed by atoms with van der Waals surface area (Å²) >= 11 is -0.117. The molecule has 0 spiro atoms. The van der Waals surface area contributed by atoms with Gasteiger partial charge in [-0.15, -0.1) is 0 Å². The van der Waals surface area contributed by atoms with Crippen LogP contribution >= 0.6 is 11.8 Å². The summed E-state index contributed by atoms with van der Waals surface area (Å²) in [5.74, 6) is -81.3. The van der Waals surface area contributed by atoms with Crippen molar-refractivity contribution in [2.45, 2.75) is 72.3 Å².